The lowest BCUT2D eigenvalue weighted by Gasteiger charge is -2.26. The first kappa shape index (κ1) is 17.8. The van der Waals surface area contributed by atoms with E-state index >= 15 is 0 Å². The van der Waals surface area contributed by atoms with Crippen molar-refractivity contribution in [3.05, 3.63) is 53.6 Å². The number of amides is 1. The molecule has 0 aliphatic carbocycles. The zero-order valence-corrected chi connectivity index (χ0v) is 14.6. The number of ether oxygens (including phenoxy) is 2. The van der Waals surface area contributed by atoms with E-state index in [2.05, 4.69) is 5.32 Å². The average molecular weight is 328 g/mol. The number of methoxy groups -OCH3 is 2. The van der Waals surface area contributed by atoms with Gasteiger partial charge in [-0.3, -0.25) is 4.79 Å². The number of rotatable bonds is 6. The second-order valence-electron chi connectivity index (χ2n) is 6.16. The van der Waals surface area contributed by atoms with Crippen LogP contribution in [0.1, 0.15) is 29.8 Å². The molecule has 24 heavy (non-hydrogen) atoms. The van der Waals surface area contributed by atoms with Crippen LogP contribution in [-0.2, 0) is 5.41 Å². The van der Waals surface area contributed by atoms with Crippen molar-refractivity contribution in [1.82, 2.24) is 0 Å². The fraction of sp³-hybridized carbons (Fsp3) is 0.316. The second kappa shape index (κ2) is 7.36. The Morgan fingerprint density at radius 1 is 1.08 bits per heavy atom. The van der Waals surface area contributed by atoms with Gasteiger partial charge in [0, 0.05) is 23.2 Å². The van der Waals surface area contributed by atoms with Crippen molar-refractivity contribution in [2.75, 3.05) is 26.1 Å². The molecule has 0 saturated carbocycles. The molecule has 0 atom stereocenters. The van der Waals surface area contributed by atoms with Gasteiger partial charge < -0.3 is 20.5 Å². The molecule has 0 bridgehead atoms. The van der Waals surface area contributed by atoms with Crippen LogP contribution in [0.25, 0.3) is 0 Å². The number of hydrogen-bond donors (Lipinski definition) is 2. The first-order valence-corrected chi connectivity index (χ1v) is 7.76. The number of nitrogens with one attached hydrogen (secondary N) is 1. The summed E-state index contributed by atoms with van der Waals surface area (Å²) in [5.41, 5.74) is 7.89. The lowest BCUT2D eigenvalue weighted by molar-refractivity contribution is 0.102. The molecule has 0 aromatic heterocycles. The first-order chi connectivity index (χ1) is 11.4. The fourth-order valence-corrected chi connectivity index (χ4v) is 2.46. The average Bonchev–Trinajstić information content (AvgIpc) is 2.61. The Hall–Kier alpha value is -2.53. The van der Waals surface area contributed by atoms with Crippen LogP contribution in [0.5, 0.6) is 11.5 Å². The summed E-state index contributed by atoms with van der Waals surface area (Å²) in [6.45, 7) is 4.58. The van der Waals surface area contributed by atoms with E-state index in [9.17, 15) is 4.79 Å². The predicted octanol–water partition coefficient (Wildman–Crippen LogP) is 3.19. The van der Waals surface area contributed by atoms with Crippen molar-refractivity contribution < 1.29 is 14.3 Å². The van der Waals surface area contributed by atoms with E-state index in [0.29, 0.717) is 23.6 Å². The highest BCUT2D eigenvalue weighted by molar-refractivity contribution is 6.05. The van der Waals surface area contributed by atoms with Crippen LogP contribution in [0.15, 0.2) is 42.5 Å². The van der Waals surface area contributed by atoms with Crippen LogP contribution in [0, 0.1) is 0 Å². The molecule has 0 heterocycles. The Balaban J connectivity index is 2.31. The van der Waals surface area contributed by atoms with Crippen LogP contribution < -0.4 is 20.5 Å². The molecule has 2 rings (SSSR count). The number of benzene rings is 2. The lowest BCUT2D eigenvalue weighted by atomic mass is 9.83. The molecule has 0 spiro atoms. The molecule has 3 N–H and O–H groups in total. The Kier molecular flexibility index (Phi) is 5.46. The molecule has 2 aromatic rings. The number of carbonyl (C=O) groups is 1. The standard InChI is InChI=1S/C19H24N2O3/c1-19(2,12-20)14-7-5-6-8-15(14)21-18(22)13-9-10-16(23-3)17(11-13)24-4/h5-11H,12,20H2,1-4H3,(H,21,22). The Morgan fingerprint density at radius 3 is 2.38 bits per heavy atom. The van der Waals surface area contributed by atoms with Crippen LogP contribution in [0.4, 0.5) is 5.69 Å². The summed E-state index contributed by atoms with van der Waals surface area (Å²) in [7, 11) is 3.10. The highest BCUT2D eigenvalue weighted by Crippen LogP contribution is 2.31. The summed E-state index contributed by atoms with van der Waals surface area (Å²) in [5, 5.41) is 2.97. The summed E-state index contributed by atoms with van der Waals surface area (Å²) in [4.78, 5) is 12.6. The Morgan fingerprint density at radius 2 is 1.75 bits per heavy atom. The topological polar surface area (TPSA) is 73.6 Å². The minimum absolute atomic E-state index is 0.212. The lowest BCUT2D eigenvalue weighted by Crippen LogP contribution is -2.29. The number of nitrogens with two attached hydrogens (primary N) is 1. The van der Waals surface area contributed by atoms with E-state index in [0.717, 1.165) is 11.3 Å². The Labute approximate surface area is 142 Å². The molecule has 1 amide bonds. The fourth-order valence-electron chi connectivity index (χ4n) is 2.46. The van der Waals surface area contributed by atoms with Crippen LogP contribution in [0.2, 0.25) is 0 Å². The molecule has 0 saturated heterocycles. The van der Waals surface area contributed by atoms with Crippen molar-refractivity contribution in [2.45, 2.75) is 19.3 Å². The van der Waals surface area contributed by atoms with E-state index in [4.69, 9.17) is 15.2 Å². The van der Waals surface area contributed by atoms with Gasteiger partial charge in [-0.1, -0.05) is 32.0 Å². The van der Waals surface area contributed by atoms with Gasteiger partial charge in [-0.05, 0) is 29.8 Å². The van der Waals surface area contributed by atoms with Crippen molar-refractivity contribution in [3.63, 3.8) is 0 Å². The number of carbonyl (C=O) groups excluding carboxylic acids is 1. The highest BCUT2D eigenvalue weighted by atomic mass is 16.5. The van der Waals surface area contributed by atoms with E-state index < -0.39 is 0 Å². The maximum absolute atomic E-state index is 12.6. The van der Waals surface area contributed by atoms with Crippen LogP contribution in [-0.4, -0.2) is 26.7 Å². The minimum Gasteiger partial charge on any atom is -0.493 e. The molecule has 0 aliphatic rings. The number of para-hydroxylation sites is 1. The van der Waals surface area contributed by atoms with Crippen molar-refractivity contribution in [1.29, 1.82) is 0 Å². The van der Waals surface area contributed by atoms with Gasteiger partial charge in [0.05, 0.1) is 14.2 Å². The molecular weight excluding hydrogens is 304 g/mol. The van der Waals surface area contributed by atoms with Gasteiger partial charge in [0.2, 0.25) is 0 Å². The highest BCUT2D eigenvalue weighted by Gasteiger charge is 2.22. The van der Waals surface area contributed by atoms with Crippen LogP contribution >= 0.6 is 0 Å². The summed E-state index contributed by atoms with van der Waals surface area (Å²) in [6.07, 6.45) is 0. The van der Waals surface area contributed by atoms with Crippen molar-refractivity contribution >= 4 is 11.6 Å². The monoisotopic (exact) mass is 328 g/mol. The molecule has 0 fully saturated rings. The van der Waals surface area contributed by atoms with Crippen molar-refractivity contribution in [2.24, 2.45) is 5.73 Å². The molecule has 2 aromatic carbocycles. The molecule has 0 unspecified atom stereocenters. The largest absolute Gasteiger partial charge is 0.493 e. The minimum atomic E-state index is -0.235. The zero-order chi connectivity index (χ0) is 17.7. The summed E-state index contributed by atoms with van der Waals surface area (Å²) >= 11 is 0. The quantitative estimate of drug-likeness (QED) is 0.854. The normalized spacial score (nSPS) is 11.0. The second-order valence-corrected chi connectivity index (χ2v) is 6.16. The zero-order valence-electron chi connectivity index (χ0n) is 14.6. The van der Waals surface area contributed by atoms with Gasteiger partial charge in [-0.15, -0.1) is 0 Å². The predicted molar refractivity (Wildman–Crippen MR) is 96.0 cm³/mol. The number of anilines is 1. The summed E-state index contributed by atoms with van der Waals surface area (Å²) in [6, 6.07) is 12.8. The van der Waals surface area contributed by atoms with Gasteiger partial charge in [0.15, 0.2) is 11.5 Å². The van der Waals surface area contributed by atoms with E-state index in [1.165, 1.54) is 0 Å². The molecule has 128 valence electrons. The van der Waals surface area contributed by atoms with Gasteiger partial charge >= 0.3 is 0 Å². The first-order valence-electron chi connectivity index (χ1n) is 7.76. The van der Waals surface area contributed by atoms with Gasteiger partial charge in [0.25, 0.3) is 5.91 Å². The van der Waals surface area contributed by atoms with Crippen molar-refractivity contribution in [3.8, 4) is 11.5 Å². The third-order valence-electron chi connectivity index (χ3n) is 4.06. The maximum Gasteiger partial charge on any atom is 0.255 e. The molecule has 5 nitrogen and oxygen atoms in total. The van der Waals surface area contributed by atoms with Gasteiger partial charge in [-0.25, -0.2) is 0 Å². The third kappa shape index (κ3) is 3.68. The third-order valence-corrected chi connectivity index (χ3v) is 4.06. The number of hydrogen-bond acceptors (Lipinski definition) is 4. The summed E-state index contributed by atoms with van der Waals surface area (Å²) < 4.78 is 10.4. The molecule has 0 aliphatic heterocycles. The molecule has 0 radical (unpaired) electrons. The Bertz CT molecular complexity index is 726. The van der Waals surface area contributed by atoms with Crippen LogP contribution in [0.3, 0.4) is 0 Å². The summed E-state index contributed by atoms with van der Waals surface area (Å²) in [5.74, 6) is 0.885. The van der Waals surface area contributed by atoms with E-state index in [1.807, 2.05) is 38.1 Å². The molecular formula is C19H24N2O3. The molecule has 5 heteroatoms. The SMILES string of the molecule is COc1ccc(C(=O)Nc2ccccc2C(C)(C)CN)cc1OC. The maximum atomic E-state index is 12.6. The van der Waals surface area contributed by atoms with E-state index in [1.54, 1.807) is 32.4 Å². The van der Waals surface area contributed by atoms with Gasteiger partial charge in [-0.2, -0.15) is 0 Å². The van der Waals surface area contributed by atoms with Gasteiger partial charge in [0.1, 0.15) is 0 Å². The smallest absolute Gasteiger partial charge is 0.255 e. The van der Waals surface area contributed by atoms with E-state index in [-0.39, 0.29) is 11.3 Å².